The number of aliphatic carboxylic acids is 1. The third-order valence-electron chi connectivity index (χ3n) is 7.21. The van der Waals surface area contributed by atoms with Gasteiger partial charge in [0.05, 0.1) is 17.9 Å². The van der Waals surface area contributed by atoms with Crippen LogP contribution in [0.25, 0.3) is 0 Å². The number of carbonyl (C=O) groups is 2. The zero-order chi connectivity index (χ0) is 30.6. The van der Waals surface area contributed by atoms with Crippen LogP contribution in [0.5, 0.6) is 0 Å². The molecule has 6 heteroatoms. The lowest BCUT2D eigenvalue weighted by Gasteiger charge is -2.23. The maximum absolute atomic E-state index is 13.6. The second-order valence-electron chi connectivity index (χ2n) is 10.6. The van der Waals surface area contributed by atoms with Gasteiger partial charge in [-0.3, -0.25) is 14.7 Å². The largest absolute Gasteiger partial charge is 0.480 e. The first-order valence-electron chi connectivity index (χ1n) is 14.6. The maximum atomic E-state index is 13.6. The van der Waals surface area contributed by atoms with Crippen LogP contribution in [0.1, 0.15) is 27.8 Å². The molecule has 0 bridgehead atoms. The van der Waals surface area contributed by atoms with Crippen LogP contribution >= 0.6 is 0 Å². The van der Waals surface area contributed by atoms with Gasteiger partial charge in [0.1, 0.15) is 0 Å². The Morgan fingerprint density at radius 2 is 1.11 bits per heavy atom. The third kappa shape index (κ3) is 8.60. The van der Waals surface area contributed by atoms with Gasteiger partial charge in [-0.1, -0.05) is 140 Å². The predicted molar refractivity (Wildman–Crippen MR) is 176 cm³/mol. The summed E-state index contributed by atoms with van der Waals surface area (Å²) in [7, 11) is 0. The maximum Gasteiger partial charge on any atom is 0.328 e. The van der Waals surface area contributed by atoms with Crippen molar-refractivity contribution in [2.75, 3.05) is 11.9 Å². The van der Waals surface area contributed by atoms with Crippen LogP contribution in [-0.4, -0.2) is 40.2 Å². The van der Waals surface area contributed by atoms with Crippen molar-refractivity contribution in [1.82, 2.24) is 4.90 Å². The highest BCUT2D eigenvalue weighted by Gasteiger charge is 2.22. The van der Waals surface area contributed by atoms with Gasteiger partial charge in [-0.2, -0.15) is 0 Å². The quantitative estimate of drug-likeness (QED) is 0.149. The molecule has 6 nitrogen and oxygen atoms in total. The van der Waals surface area contributed by atoms with E-state index in [0.29, 0.717) is 30.1 Å². The number of para-hydroxylation sites is 1. The number of amides is 1. The minimum Gasteiger partial charge on any atom is -0.480 e. The molecule has 0 spiro atoms. The minimum atomic E-state index is -1.01. The summed E-state index contributed by atoms with van der Waals surface area (Å²) in [5, 5.41) is 13.3. The number of anilines is 1. The molecule has 2 N–H and O–H groups in total. The Morgan fingerprint density at radius 3 is 1.66 bits per heavy atom. The first-order chi connectivity index (χ1) is 21.5. The summed E-state index contributed by atoms with van der Waals surface area (Å²) in [6, 6.07) is 45.6. The second kappa shape index (κ2) is 15.2. The van der Waals surface area contributed by atoms with Crippen molar-refractivity contribution >= 4 is 23.3 Å². The van der Waals surface area contributed by atoms with Gasteiger partial charge in [0.25, 0.3) is 0 Å². The summed E-state index contributed by atoms with van der Waals surface area (Å²) < 4.78 is 0. The summed E-state index contributed by atoms with van der Waals surface area (Å²) in [5.74, 6) is -1.18. The molecule has 0 saturated heterocycles. The van der Waals surface area contributed by atoms with E-state index in [-0.39, 0.29) is 18.9 Å². The number of carboxylic acids is 1. The first kappa shape index (κ1) is 30.1. The van der Waals surface area contributed by atoms with E-state index in [1.807, 2.05) is 121 Å². The number of carboxylic acid groups (broad SMARTS) is 1. The van der Waals surface area contributed by atoms with Crippen LogP contribution in [0, 0.1) is 0 Å². The van der Waals surface area contributed by atoms with Crippen LogP contribution in [0.15, 0.2) is 151 Å². The smallest absolute Gasteiger partial charge is 0.328 e. The van der Waals surface area contributed by atoms with Crippen molar-refractivity contribution in [1.29, 1.82) is 0 Å². The molecule has 1 atom stereocenters. The summed E-state index contributed by atoms with van der Waals surface area (Å²) in [5.41, 5.74) is 5.63. The lowest BCUT2D eigenvalue weighted by atomic mass is 9.99. The Balaban J connectivity index is 1.43. The fourth-order valence-corrected chi connectivity index (χ4v) is 5.12. The van der Waals surface area contributed by atoms with Gasteiger partial charge in [-0.25, -0.2) is 4.79 Å². The van der Waals surface area contributed by atoms with E-state index >= 15 is 0 Å². The van der Waals surface area contributed by atoms with Gasteiger partial charge in [0, 0.05) is 30.6 Å². The van der Waals surface area contributed by atoms with E-state index in [0.717, 1.165) is 22.3 Å². The van der Waals surface area contributed by atoms with Gasteiger partial charge in [-0.05, 0) is 22.8 Å². The van der Waals surface area contributed by atoms with Crippen LogP contribution in [-0.2, 0) is 29.1 Å². The van der Waals surface area contributed by atoms with Crippen LogP contribution in [0.2, 0.25) is 0 Å². The van der Waals surface area contributed by atoms with E-state index in [1.54, 1.807) is 0 Å². The van der Waals surface area contributed by atoms with Gasteiger partial charge in [-0.15, -0.1) is 0 Å². The lowest BCUT2D eigenvalue weighted by Crippen LogP contribution is -2.33. The van der Waals surface area contributed by atoms with Crippen LogP contribution in [0.3, 0.4) is 0 Å². The number of benzene rings is 5. The molecule has 0 aliphatic heterocycles. The Kier molecular flexibility index (Phi) is 10.4. The monoisotopic (exact) mass is 581 g/mol. The van der Waals surface area contributed by atoms with Crippen molar-refractivity contribution in [3.63, 3.8) is 0 Å². The molecular weight excluding hydrogens is 546 g/mol. The van der Waals surface area contributed by atoms with Crippen LogP contribution in [0.4, 0.5) is 5.69 Å². The molecule has 44 heavy (non-hydrogen) atoms. The lowest BCUT2D eigenvalue weighted by molar-refractivity contribution is -0.138. The molecule has 0 fully saturated rings. The average molecular weight is 582 g/mol. The summed E-state index contributed by atoms with van der Waals surface area (Å²) in [6.07, 6.45) is 0.245. The van der Waals surface area contributed by atoms with Crippen LogP contribution < -0.4 is 5.32 Å². The number of nitrogens with one attached hydrogen (secondary N) is 1. The highest BCUT2D eigenvalue weighted by atomic mass is 16.4. The number of rotatable bonds is 13. The normalized spacial score (nSPS) is 12.1. The molecule has 0 aliphatic carbocycles. The van der Waals surface area contributed by atoms with E-state index < -0.39 is 12.0 Å². The molecule has 5 rings (SSSR count). The van der Waals surface area contributed by atoms with E-state index in [9.17, 15) is 14.7 Å². The van der Waals surface area contributed by atoms with Gasteiger partial charge >= 0.3 is 5.97 Å². The summed E-state index contributed by atoms with van der Waals surface area (Å²) in [6.45, 7) is 1.39. The van der Waals surface area contributed by atoms with E-state index in [1.165, 1.54) is 0 Å². The van der Waals surface area contributed by atoms with Gasteiger partial charge < -0.3 is 10.4 Å². The molecule has 5 aromatic rings. The topological polar surface area (TPSA) is 82.0 Å². The van der Waals surface area contributed by atoms with Gasteiger partial charge in [0.15, 0.2) is 6.04 Å². The third-order valence-corrected chi connectivity index (χ3v) is 7.21. The predicted octanol–water partition coefficient (Wildman–Crippen LogP) is 6.86. The zero-order valence-corrected chi connectivity index (χ0v) is 24.4. The number of nitrogens with zero attached hydrogens (tertiary/aromatic N) is 2. The zero-order valence-electron chi connectivity index (χ0n) is 24.4. The Hall–Kier alpha value is -5.33. The highest BCUT2D eigenvalue weighted by Crippen LogP contribution is 2.22. The molecule has 1 amide bonds. The molecule has 220 valence electrons. The number of carbonyl (C=O) groups excluding carboxylic acids is 1. The van der Waals surface area contributed by atoms with Crippen molar-refractivity contribution in [3.8, 4) is 0 Å². The summed E-state index contributed by atoms with van der Waals surface area (Å²) in [4.78, 5) is 32.9. The first-order valence-corrected chi connectivity index (χ1v) is 14.6. The number of hydrogen-bond donors (Lipinski definition) is 2. The molecule has 0 radical (unpaired) electrons. The molecule has 5 aromatic carbocycles. The Morgan fingerprint density at radius 1 is 0.636 bits per heavy atom. The standard InChI is InChI=1S/C38H35N3O3/c42-36(28-41(26-30-17-7-2-8-18-30)27-31-19-9-3-10-20-31)39-34-24-14-13-23-33(34)37(32-21-11-4-12-22-32)40-35(38(43)44)25-29-15-5-1-6-16-29/h1-24,35H,25-28H2,(H,39,42)(H,43,44). The molecule has 0 aliphatic rings. The molecule has 0 heterocycles. The number of aliphatic imine (C=N–C) groups is 1. The Bertz CT molecular complexity index is 1630. The molecule has 0 saturated carbocycles. The van der Waals surface area contributed by atoms with Crippen molar-refractivity contribution < 1.29 is 14.7 Å². The molecular formula is C38H35N3O3. The number of hydrogen-bond acceptors (Lipinski definition) is 4. The summed E-state index contributed by atoms with van der Waals surface area (Å²) >= 11 is 0. The second-order valence-corrected chi connectivity index (χ2v) is 10.6. The Labute approximate surface area is 258 Å². The van der Waals surface area contributed by atoms with E-state index in [2.05, 4.69) is 34.5 Å². The molecule has 1 unspecified atom stereocenters. The average Bonchev–Trinajstić information content (AvgIpc) is 3.05. The fourth-order valence-electron chi connectivity index (χ4n) is 5.12. The van der Waals surface area contributed by atoms with Crippen molar-refractivity contribution in [3.05, 3.63) is 173 Å². The fraction of sp³-hybridized carbons (Fsp3) is 0.132. The minimum absolute atomic E-state index is 0.168. The van der Waals surface area contributed by atoms with E-state index in [4.69, 9.17) is 4.99 Å². The van der Waals surface area contributed by atoms with Crippen molar-refractivity contribution in [2.45, 2.75) is 25.6 Å². The highest BCUT2D eigenvalue weighted by molar-refractivity contribution is 6.17. The van der Waals surface area contributed by atoms with Crippen molar-refractivity contribution in [2.24, 2.45) is 4.99 Å². The molecule has 0 aromatic heterocycles. The van der Waals surface area contributed by atoms with Gasteiger partial charge in [0.2, 0.25) is 5.91 Å². The SMILES string of the molecule is O=C(CN(Cc1ccccc1)Cc1ccccc1)Nc1ccccc1C(=NC(Cc1ccccc1)C(=O)O)c1ccccc1.